The summed E-state index contributed by atoms with van der Waals surface area (Å²) in [5.41, 5.74) is -1.16. The topological polar surface area (TPSA) is 375 Å². The second kappa shape index (κ2) is 47.2. The van der Waals surface area contributed by atoms with Crippen LogP contribution in [0, 0.1) is 23.2 Å². The van der Waals surface area contributed by atoms with Crippen LogP contribution in [0.4, 0.5) is 0 Å². The maximum atomic E-state index is 13.8. The number of carbonyl (C=O) groups excluding carboxylic acids is 5. The summed E-state index contributed by atoms with van der Waals surface area (Å²) in [4.78, 5) is 65.9. The van der Waals surface area contributed by atoms with E-state index in [4.69, 9.17) is 42.6 Å². The molecule has 25 heteroatoms. The first kappa shape index (κ1) is 83.5. The van der Waals surface area contributed by atoms with E-state index in [1.54, 1.807) is 20.8 Å². The van der Waals surface area contributed by atoms with Crippen molar-refractivity contribution in [2.75, 3.05) is 85.8 Å². The molecule has 0 aliphatic carbocycles. The van der Waals surface area contributed by atoms with Gasteiger partial charge in [-0.25, -0.2) is 0 Å². The molecule has 0 aromatic heterocycles. The van der Waals surface area contributed by atoms with E-state index in [0.29, 0.717) is 64.9 Å². The van der Waals surface area contributed by atoms with Gasteiger partial charge in [0.2, 0.25) is 11.8 Å². The Morgan fingerprint density at radius 3 is 1.02 bits per heavy atom. The third-order valence-corrected chi connectivity index (χ3v) is 17.6. The second-order valence-electron chi connectivity index (χ2n) is 27.1. The standard InChI is InChI=1S/C67H122N2O23/c1-46-57(78)60(81)52(40-70)90-63(46)87-34-19-13-7-10-16-24-49(73)29-37-84-43-67(69-56(77)28-22-27-55(76)68-33-23-32-66(4,5)6,44-85-38-30-50(74)25-17-11-8-14-20-35-88-64-47(2)58(79)61(82)53(41-71)91-64)45-86-39-31-51(75)26-18-12-9-15-21-36-89-65-48(3)59(80)62(83)54(42-72)92-65/h46-48,52-54,57-65,70-72,78-83H,7-45H2,1-6H3,(H,68,76)(H,69,77)/t46?,47?,48?,52?,53?,54?,57-,58-,59-,60+,61+,62+,63-,64-,65-,67?/m1/s1. The Morgan fingerprint density at radius 1 is 0.380 bits per heavy atom. The lowest BCUT2D eigenvalue weighted by Crippen LogP contribution is -2.58. The summed E-state index contributed by atoms with van der Waals surface area (Å²) in [6.07, 6.45) is 3.62. The number of hydrogen-bond donors (Lipinski definition) is 11. The van der Waals surface area contributed by atoms with Gasteiger partial charge >= 0.3 is 0 Å². The van der Waals surface area contributed by atoms with Gasteiger partial charge in [0.1, 0.15) is 59.5 Å². The van der Waals surface area contributed by atoms with Crippen LogP contribution in [0.1, 0.15) is 208 Å². The molecule has 3 aliphatic heterocycles. The molecule has 0 aromatic rings. The maximum absolute atomic E-state index is 13.8. The number of Topliss-reactive ketones (excluding diaryl/α,β-unsaturated/α-hetero) is 3. The highest BCUT2D eigenvalue weighted by molar-refractivity contribution is 5.80. The zero-order valence-electron chi connectivity index (χ0n) is 56.5. The van der Waals surface area contributed by atoms with E-state index in [1.807, 2.05) is 0 Å². The molecular weight excluding hydrogens is 1200 g/mol. The van der Waals surface area contributed by atoms with Crippen molar-refractivity contribution >= 4 is 29.2 Å². The van der Waals surface area contributed by atoms with Gasteiger partial charge in [-0.3, -0.25) is 24.0 Å². The Kier molecular flexibility index (Phi) is 42.8. The van der Waals surface area contributed by atoms with Crippen molar-refractivity contribution in [3.8, 4) is 0 Å². The summed E-state index contributed by atoms with van der Waals surface area (Å²) in [5.74, 6) is -1.90. The Bertz CT molecular complexity index is 1820. The van der Waals surface area contributed by atoms with Gasteiger partial charge in [0, 0.05) is 95.5 Å². The summed E-state index contributed by atoms with van der Waals surface area (Å²) >= 11 is 0. The van der Waals surface area contributed by atoms with Gasteiger partial charge in [0.15, 0.2) is 18.9 Å². The molecule has 2 amide bonds. The molecule has 15 atom stereocenters. The van der Waals surface area contributed by atoms with Crippen LogP contribution in [0.5, 0.6) is 0 Å². The fourth-order valence-corrected chi connectivity index (χ4v) is 11.4. The summed E-state index contributed by atoms with van der Waals surface area (Å²) in [5, 5.41) is 95.8. The molecule has 538 valence electrons. The number of amides is 2. The van der Waals surface area contributed by atoms with Crippen LogP contribution >= 0.6 is 0 Å². The number of aliphatic hydroxyl groups is 9. The lowest BCUT2D eigenvalue weighted by atomic mass is 9.91. The minimum Gasteiger partial charge on any atom is -0.394 e. The van der Waals surface area contributed by atoms with E-state index in [-0.39, 0.29) is 113 Å². The maximum Gasteiger partial charge on any atom is 0.220 e. The molecule has 3 fully saturated rings. The van der Waals surface area contributed by atoms with Crippen LogP contribution in [0.25, 0.3) is 0 Å². The van der Waals surface area contributed by atoms with Crippen molar-refractivity contribution < 1.29 is 113 Å². The van der Waals surface area contributed by atoms with Crippen molar-refractivity contribution in [1.29, 1.82) is 0 Å². The molecule has 0 aromatic carbocycles. The average Bonchev–Trinajstić information content (AvgIpc) is 0.876. The van der Waals surface area contributed by atoms with E-state index in [0.717, 1.165) is 89.9 Å². The summed E-state index contributed by atoms with van der Waals surface area (Å²) in [7, 11) is 0. The Labute approximate surface area is 547 Å². The lowest BCUT2D eigenvalue weighted by Gasteiger charge is -2.40. The smallest absolute Gasteiger partial charge is 0.220 e. The van der Waals surface area contributed by atoms with E-state index >= 15 is 0 Å². The van der Waals surface area contributed by atoms with Crippen LogP contribution in [-0.4, -0.2) is 240 Å². The third-order valence-electron chi connectivity index (χ3n) is 17.6. The molecular formula is C67H122N2O23. The van der Waals surface area contributed by atoms with Crippen LogP contribution < -0.4 is 10.6 Å². The van der Waals surface area contributed by atoms with Gasteiger partial charge in [0.25, 0.3) is 0 Å². The van der Waals surface area contributed by atoms with E-state index in [9.17, 15) is 69.9 Å². The van der Waals surface area contributed by atoms with Crippen LogP contribution in [-0.2, 0) is 66.6 Å². The molecule has 92 heavy (non-hydrogen) atoms. The molecule has 11 N–H and O–H groups in total. The van der Waals surface area contributed by atoms with Gasteiger partial charge in [-0.05, 0) is 63.2 Å². The quantitative estimate of drug-likeness (QED) is 0.0381. The summed E-state index contributed by atoms with van der Waals surface area (Å²) in [6.45, 7) is 11.7. The van der Waals surface area contributed by atoms with Gasteiger partial charge in [-0.15, -0.1) is 0 Å². The number of nitrogens with one attached hydrogen (secondary N) is 2. The minimum absolute atomic E-state index is 0.0105. The molecule has 0 radical (unpaired) electrons. The van der Waals surface area contributed by atoms with Crippen LogP contribution in [0.15, 0.2) is 0 Å². The Morgan fingerprint density at radius 2 is 0.696 bits per heavy atom. The monoisotopic (exact) mass is 1320 g/mol. The van der Waals surface area contributed by atoms with Crippen LogP contribution in [0.2, 0.25) is 0 Å². The Balaban J connectivity index is 1.54. The van der Waals surface area contributed by atoms with E-state index in [2.05, 4.69) is 31.4 Å². The van der Waals surface area contributed by atoms with Gasteiger partial charge < -0.3 is 99.2 Å². The second-order valence-corrected chi connectivity index (χ2v) is 27.1. The predicted octanol–water partition coefficient (Wildman–Crippen LogP) is 4.18. The first-order valence-electron chi connectivity index (χ1n) is 34.5. The zero-order valence-corrected chi connectivity index (χ0v) is 56.5. The fourth-order valence-electron chi connectivity index (χ4n) is 11.4. The number of unbranched alkanes of at least 4 members (excludes halogenated alkanes) is 12. The normalized spacial score (nSPS) is 27.6. The SMILES string of the molecule is CC1[C@H](OCCCCCCCC(=O)CCOCC(COCCC(=O)CCCCCCCO[C@@H]2OC(CO)[C@H](O)[C@H](O)C2C)(COCCC(=O)CCCCCCCO[C@@H]2OC(CO)[C@H](O)[C@H](O)C2C)NC(=O)CCCC(=O)NCCCC(C)(C)C)OC(CO)[C@H](O)[C@@H]1O. The summed E-state index contributed by atoms with van der Waals surface area (Å²) in [6, 6.07) is 0. The highest BCUT2D eigenvalue weighted by atomic mass is 16.7. The van der Waals surface area contributed by atoms with Gasteiger partial charge in [-0.2, -0.15) is 0 Å². The van der Waals surface area contributed by atoms with Crippen molar-refractivity contribution in [2.45, 2.75) is 288 Å². The molecule has 3 saturated heterocycles. The first-order chi connectivity index (χ1) is 44.0. The molecule has 25 nitrogen and oxygen atoms in total. The third kappa shape index (κ3) is 33.5. The van der Waals surface area contributed by atoms with Crippen molar-refractivity contribution in [3.63, 3.8) is 0 Å². The zero-order chi connectivity index (χ0) is 67.9. The number of rotatable bonds is 53. The van der Waals surface area contributed by atoms with Gasteiger partial charge in [0.05, 0.1) is 77.8 Å². The van der Waals surface area contributed by atoms with E-state index < -0.39 is 117 Å². The molecule has 0 saturated carbocycles. The predicted molar refractivity (Wildman–Crippen MR) is 339 cm³/mol. The minimum atomic E-state index is -1.30. The van der Waals surface area contributed by atoms with Crippen molar-refractivity contribution in [1.82, 2.24) is 10.6 Å². The molecule has 6 unspecified atom stereocenters. The van der Waals surface area contributed by atoms with Gasteiger partial charge in [-0.1, -0.05) is 99.3 Å². The highest BCUT2D eigenvalue weighted by Crippen LogP contribution is 2.30. The number of carbonyl (C=O) groups is 5. The highest BCUT2D eigenvalue weighted by Gasteiger charge is 2.45. The molecule has 0 spiro atoms. The van der Waals surface area contributed by atoms with Crippen molar-refractivity contribution in [2.24, 2.45) is 23.2 Å². The van der Waals surface area contributed by atoms with Crippen LogP contribution in [0.3, 0.4) is 0 Å². The molecule has 3 rings (SSSR count). The average molecular weight is 1320 g/mol. The molecule has 0 bridgehead atoms. The molecule has 3 aliphatic rings. The number of hydrogen-bond acceptors (Lipinski definition) is 23. The lowest BCUT2D eigenvalue weighted by molar-refractivity contribution is -0.282. The number of ether oxygens (including phenoxy) is 9. The first-order valence-corrected chi connectivity index (χ1v) is 34.5. The Hall–Kier alpha value is -2.77. The number of aliphatic hydroxyl groups excluding tert-OH is 9. The largest absolute Gasteiger partial charge is 0.394 e. The summed E-state index contributed by atoms with van der Waals surface area (Å²) < 4.78 is 52.9. The molecule has 3 heterocycles. The number of ketones is 3. The van der Waals surface area contributed by atoms with E-state index in [1.165, 1.54) is 0 Å². The fraction of sp³-hybridized carbons (Fsp3) is 0.925. The van der Waals surface area contributed by atoms with Crippen molar-refractivity contribution in [3.05, 3.63) is 0 Å².